The molecular weight excluding hydrogens is 196 g/mol. The van der Waals surface area contributed by atoms with Crippen molar-refractivity contribution >= 4 is 5.91 Å². The van der Waals surface area contributed by atoms with Crippen LogP contribution in [0, 0.1) is 5.82 Å². The predicted octanol–water partition coefficient (Wildman–Crippen LogP) is 0.949. The van der Waals surface area contributed by atoms with E-state index >= 15 is 0 Å². The van der Waals surface area contributed by atoms with Crippen molar-refractivity contribution in [3.05, 3.63) is 23.5 Å². The molecule has 0 aliphatic carbocycles. The summed E-state index contributed by atoms with van der Waals surface area (Å²) in [6.07, 6.45) is 0. The smallest absolute Gasteiger partial charge is 0.397 e. The minimum Gasteiger partial charge on any atom is -0.425 e. The van der Waals surface area contributed by atoms with E-state index in [-0.39, 0.29) is 11.3 Å². The first-order chi connectivity index (χ1) is 6.59. The van der Waals surface area contributed by atoms with E-state index in [0.29, 0.717) is 0 Å². The number of hydrogen-bond acceptors (Lipinski definition) is 3. The Morgan fingerprint density at radius 2 is 2.14 bits per heavy atom. The van der Waals surface area contributed by atoms with Crippen molar-refractivity contribution in [2.45, 2.75) is 6.54 Å². The fourth-order valence-corrected chi connectivity index (χ4v) is 1.15. The molecule has 1 aromatic rings. The van der Waals surface area contributed by atoms with E-state index in [2.05, 4.69) is 9.47 Å². The number of amides is 1. The van der Waals surface area contributed by atoms with E-state index in [1.54, 1.807) is 0 Å². The second-order valence-electron chi connectivity index (χ2n) is 2.63. The minimum absolute atomic E-state index is 0.0833. The quantitative estimate of drug-likeness (QED) is 0.735. The highest BCUT2D eigenvalue weighted by Gasteiger charge is 2.29. The van der Waals surface area contributed by atoms with Crippen LogP contribution in [0.4, 0.5) is 8.78 Å². The molecule has 0 saturated carbocycles. The summed E-state index contributed by atoms with van der Waals surface area (Å²) in [6.45, 7) is -2.04. The van der Waals surface area contributed by atoms with Gasteiger partial charge in [0, 0.05) is 0 Å². The van der Waals surface area contributed by atoms with E-state index in [9.17, 15) is 13.6 Å². The second kappa shape index (κ2) is 2.83. The molecule has 1 heterocycles. The van der Waals surface area contributed by atoms with Crippen molar-refractivity contribution in [1.82, 2.24) is 0 Å². The molecule has 74 valence electrons. The fourth-order valence-electron chi connectivity index (χ4n) is 1.15. The van der Waals surface area contributed by atoms with Crippen LogP contribution in [-0.2, 0) is 0 Å². The first-order valence-electron chi connectivity index (χ1n) is 3.69. The monoisotopic (exact) mass is 201 g/mol. The third-order valence-electron chi connectivity index (χ3n) is 1.76. The highest BCUT2D eigenvalue weighted by Crippen LogP contribution is 2.38. The Hall–Kier alpha value is -1.85. The largest absolute Gasteiger partial charge is 0.425 e. The maximum absolute atomic E-state index is 13.3. The van der Waals surface area contributed by atoms with E-state index < -0.39 is 24.0 Å². The van der Waals surface area contributed by atoms with Gasteiger partial charge in [-0.3, -0.25) is 4.79 Å². The third-order valence-corrected chi connectivity index (χ3v) is 1.76. The predicted molar refractivity (Wildman–Crippen MR) is 41.1 cm³/mol. The van der Waals surface area contributed by atoms with Gasteiger partial charge in [-0.05, 0) is 12.1 Å². The number of nitrogens with two attached hydrogens (primary N) is 1. The lowest BCUT2D eigenvalue weighted by Crippen LogP contribution is -2.13. The van der Waals surface area contributed by atoms with E-state index in [1.807, 2.05) is 0 Å². The molecule has 0 spiro atoms. The molecule has 0 fully saturated rings. The van der Waals surface area contributed by atoms with Crippen LogP contribution in [0.25, 0.3) is 0 Å². The van der Waals surface area contributed by atoms with Crippen LogP contribution in [0.2, 0.25) is 0 Å². The molecule has 6 heteroatoms. The molecule has 14 heavy (non-hydrogen) atoms. The van der Waals surface area contributed by atoms with E-state index in [0.717, 1.165) is 6.07 Å². The Bertz CT molecular complexity index is 408. The number of primary amides is 1. The Kier molecular flexibility index (Phi) is 1.77. The first kappa shape index (κ1) is 8.74. The Morgan fingerprint density at radius 3 is 2.79 bits per heavy atom. The molecule has 1 atom stereocenters. The van der Waals surface area contributed by atoms with Gasteiger partial charge in [-0.25, -0.2) is 4.39 Å². The van der Waals surface area contributed by atoms with Crippen molar-refractivity contribution in [3.8, 4) is 11.5 Å². The number of alkyl halides is 1. The molecule has 4 nitrogen and oxygen atoms in total. The van der Waals surface area contributed by atoms with Crippen molar-refractivity contribution in [2.75, 3.05) is 0 Å². The van der Waals surface area contributed by atoms with Crippen LogP contribution in [0.1, 0.15) is 10.4 Å². The lowest BCUT2D eigenvalue weighted by atomic mass is 10.2. The highest BCUT2D eigenvalue weighted by molar-refractivity contribution is 5.93. The molecule has 0 saturated heterocycles. The highest BCUT2D eigenvalue weighted by atomic mass is 19.2. The van der Waals surface area contributed by atoms with Gasteiger partial charge in [-0.15, -0.1) is 0 Å². The molecule has 1 aromatic carbocycles. The molecule has 0 radical (unpaired) electrons. The van der Waals surface area contributed by atoms with Crippen molar-refractivity contribution in [2.24, 2.45) is 5.73 Å². The number of carbonyl (C=O) groups excluding carboxylic acids is 1. The summed E-state index contributed by atoms with van der Waals surface area (Å²) >= 11 is 0. The Balaban J connectivity index is 2.53. The summed E-state index contributed by atoms with van der Waals surface area (Å²) in [5.74, 6) is -2.46. The standard InChI is InChI=1S/C8H5F2NO3/c9-5-3(7(11)12)1-2-4-6(5)14-8(10)13-4/h1-2,8H,(H2,11,12). The number of ether oxygens (including phenoxy) is 2. The summed E-state index contributed by atoms with van der Waals surface area (Å²) in [7, 11) is 0. The van der Waals surface area contributed by atoms with Gasteiger partial charge in [-0.1, -0.05) is 0 Å². The number of hydrogen-bond donors (Lipinski definition) is 1. The summed E-state index contributed by atoms with van der Waals surface area (Å²) < 4.78 is 34.6. The van der Waals surface area contributed by atoms with Crippen LogP contribution < -0.4 is 15.2 Å². The zero-order valence-electron chi connectivity index (χ0n) is 6.79. The van der Waals surface area contributed by atoms with E-state index in [1.165, 1.54) is 6.07 Å². The lowest BCUT2D eigenvalue weighted by molar-refractivity contribution is -0.0663. The number of halogens is 2. The molecule has 1 unspecified atom stereocenters. The molecular formula is C8H5F2NO3. The van der Waals surface area contributed by atoms with Gasteiger partial charge < -0.3 is 15.2 Å². The van der Waals surface area contributed by atoms with Crippen LogP contribution in [-0.4, -0.2) is 12.5 Å². The van der Waals surface area contributed by atoms with Crippen molar-refractivity contribution in [1.29, 1.82) is 0 Å². The van der Waals surface area contributed by atoms with Gasteiger partial charge in [0.25, 0.3) is 5.91 Å². The number of benzene rings is 1. The van der Waals surface area contributed by atoms with Crippen LogP contribution >= 0.6 is 0 Å². The fraction of sp³-hybridized carbons (Fsp3) is 0.125. The first-order valence-corrected chi connectivity index (χ1v) is 3.69. The lowest BCUT2D eigenvalue weighted by Gasteiger charge is -2.00. The summed E-state index contributed by atoms with van der Waals surface area (Å²) in [4.78, 5) is 10.7. The van der Waals surface area contributed by atoms with E-state index in [4.69, 9.17) is 5.73 Å². The SMILES string of the molecule is NC(=O)c1ccc2c(c1F)OC(F)O2. The Labute approximate surface area is 77.2 Å². The van der Waals surface area contributed by atoms with Crippen molar-refractivity contribution in [3.63, 3.8) is 0 Å². The van der Waals surface area contributed by atoms with Crippen LogP contribution in [0.15, 0.2) is 12.1 Å². The number of fused-ring (bicyclic) bond motifs is 1. The second-order valence-corrected chi connectivity index (χ2v) is 2.63. The van der Waals surface area contributed by atoms with Gasteiger partial charge in [-0.2, -0.15) is 4.39 Å². The van der Waals surface area contributed by atoms with Crippen LogP contribution in [0.5, 0.6) is 11.5 Å². The summed E-state index contributed by atoms with van der Waals surface area (Å²) in [5.41, 5.74) is 4.51. The Morgan fingerprint density at radius 1 is 1.43 bits per heavy atom. The van der Waals surface area contributed by atoms with Crippen molar-refractivity contribution < 1.29 is 23.0 Å². The molecule has 0 bridgehead atoms. The van der Waals surface area contributed by atoms with Crippen LogP contribution in [0.3, 0.4) is 0 Å². The van der Waals surface area contributed by atoms with Gasteiger partial charge >= 0.3 is 6.54 Å². The van der Waals surface area contributed by atoms with Gasteiger partial charge in [0.2, 0.25) is 5.75 Å². The minimum atomic E-state index is -2.04. The molecule has 1 aliphatic heterocycles. The number of carbonyl (C=O) groups is 1. The van der Waals surface area contributed by atoms with Gasteiger partial charge in [0.1, 0.15) is 0 Å². The summed E-state index contributed by atoms with van der Waals surface area (Å²) in [6, 6.07) is 2.33. The molecule has 1 aliphatic rings. The number of rotatable bonds is 1. The maximum atomic E-state index is 13.3. The van der Waals surface area contributed by atoms with Gasteiger partial charge in [0.15, 0.2) is 11.6 Å². The summed E-state index contributed by atoms with van der Waals surface area (Å²) in [5, 5.41) is 0. The topological polar surface area (TPSA) is 61.6 Å². The average molecular weight is 201 g/mol. The molecule has 1 amide bonds. The molecule has 0 aromatic heterocycles. The maximum Gasteiger partial charge on any atom is 0.397 e. The zero-order chi connectivity index (χ0) is 10.3. The molecule has 2 rings (SSSR count). The third kappa shape index (κ3) is 1.15. The zero-order valence-corrected chi connectivity index (χ0v) is 6.79. The molecule has 2 N–H and O–H groups in total. The van der Waals surface area contributed by atoms with Gasteiger partial charge in [0.05, 0.1) is 5.56 Å². The normalized spacial score (nSPS) is 18.3. The average Bonchev–Trinajstić information content (AvgIpc) is 2.46.